The van der Waals surface area contributed by atoms with E-state index in [9.17, 15) is 0 Å². The molecule has 0 aliphatic heterocycles. The van der Waals surface area contributed by atoms with Crippen molar-refractivity contribution in [3.8, 4) is 0 Å². The highest BCUT2D eigenvalue weighted by molar-refractivity contribution is 5.01. The molecule has 47 heavy (non-hydrogen) atoms. The first-order valence-corrected chi connectivity index (χ1v) is 22.8. The van der Waals surface area contributed by atoms with E-state index >= 15 is 0 Å². The van der Waals surface area contributed by atoms with Gasteiger partial charge in [0.2, 0.25) is 0 Å². The largest absolute Gasteiger partial charge is 0.103 e. The Kier molecular flexibility index (Phi) is 38.3. The van der Waals surface area contributed by atoms with Gasteiger partial charge in [-0.25, -0.2) is 0 Å². The Morgan fingerprint density at radius 2 is 0.702 bits per heavy atom. The van der Waals surface area contributed by atoms with Crippen molar-refractivity contribution in [2.45, 2.75) is 278 Å². The van der Waals surface area contributed by atoms with Gasteiger partial charge in [0.1, 0.15) is 0 Å². The first-order valence-electron chi connectivity index (χ1n) is 22.8. The minimum atomic E-state index is 0.844. The molecule has 0 bridgehead atoms. The fraction of sp³-hybridized carbons (Fsp3) is 0.957. The van der Waals surface area contributed by atoms with Gasteiger partial charge in [-0.2, -0.15) is 0 Å². The van der Waals surface area contributed by atoms with Gasteiger partial charge < -0.3 is 0 Å². The highest BCUT2D eigenvalue weighted by atomic mass is 14.6. The van der Waals surface area contributed by atoms with Gasteiger partial charge in [-0.15, -0.1) is 6.58 Å². The zero-order valence-electron chi connectivity index (χ0n) is 33.9. The molecule has 0 radical (unpaired) electrons. The average Bonchev–Trinajstić information content (AvgIpc) is 3.79. The van der Waals surface area contributed by atoms with Gasteiger partial charge in [0.05, 0.1) is 0 Å². The Hall–Kier alpha value is -0.260. The second kappa shape index (κ2) is 38.5. The van der Waals surface area contributed by atoms with Crippen LogP contribution in [-0.4, -0.2) is 0 Å². The van der Waals surface area contributed by atoms with Crippen molar-refractivity contribution in [1.29, 1.82) is 0 Å². The molecule has 0 aromatic heterocycles. The van der Waals surface area contributed by atoms with Gasteiger partial charge in [0.25, 0.3) is 0 Å². The van der Waals surface area contributed by atoms with Gasteiger partial charge >= 0.3 is 0 Å². The normalized spacial score (nSPS) is 17.6. The van der Waals surface area contributed by atoms with Crippen molar-refractivity contribution in [3.63, 3.8) is 0 Å². The maximum absolute atomic E-state index is 3.72. The van der Waals surface area contributed by atoms with Crippen molar-refractivity contribution in [1.82, 2.24) is 0 Å². The molecule has 0 saturated heterocycles. The number of hydrogen-bond acceptors (Lipinski definition) is 0. The van der Waals surface area contributed by atoms with Crippen molar-refractivity contribution < 1.29 is 0 Å². The lowest BCUT2D eigenvalue weighted by Crippen LogP contribution is -2.05. The van der Waals surface area contributed by atoms with Gasteiger partial charge in [0, 0.05) is 0 Å². The molecule has 282 valence electrons. The van der Waals surface area contributed by atoms with Crippen LogP contribution in [-0.2, 0) is 0 Å². The Bertz CT molecular complexity index is 549. The van der Waals surface area contributed by atoms with E-state index in [1.165, 1.54) is 225 Å². The summed E-state index contributed by atoms with van der Waals surface area (Å²) >= 11 is 0. The van der Waals surface area contributed by atoms with Crippen LogP contribution in [0.3, 0.4) is 0 Å². The highest BCUT2D eigenvalue weighted by Crippen LogP contribution is 2.61. The summed E-state index contributed by atoms with van der Waals surface area (Å²) in [7, 11) is 0. The second-order valence-corrected chi connectivity index (χ2v) is 16.2. The molecular formula is C47H94. The van der Waals surface area contributed by atoms with E-state index in [1.54, 1.807) is 25.7 Å². The summed E-state index contributed by atoms with van der Waals surface area (Å²) in [6.07, 6.45) is 59.2. The summed E-state index contributed by atoms with van der Waals surface area (Å²) in [6.45, 7) is 12.9. The van der Waals surface area contributed by atoms with Crippen LogP contribution in [0.1, 0.15) is 278 Å². The highest BCUT2D eigenvalue weighted by Gasteiger charge is 2.51. The van der Waals surface area contributed by atoms with Crippen LogP contribution in [0.5, 0.6) is 0 Å². The maximum atomic E-state index is 3.72. The second-order valence-electron chi connectivity index (χ2n) is 16.2. The van der Waals surface area contributed by atoms with Crippen LogP contribution in [0.15, 0.2) is 12.7 Å². The molecule has 0 heterocycles. The lowest BCUT2D eigenvalue weighted by Gasteiger charge is -2.17. The van der Waals surface area contributed by atoms with E-state index in [4.69, 9.17) is 0 Å². The van der Waals surface area contributed by atoms with Crippen LogP contribution >= 0.6 is 0 Å². The maximum Gasteiger partial charge on any atom is -0.0266 e. The molecule has 2 fully saturated rings. The molecule has 0 nitrogen and oxygen atoms in total. The molecule has 2 saturated carbocycles. The van der Waals surface area contributed by atoms with E-state index in [0.29, 0.717) is 0 Å². The third-order valence-electron chi connectivity index (χ3n) is 11.6. The molecule has 0 amide bonds. The molecule has 2 aliphatic rings. The van der Waals surface area contributed by atoms with Crippen LogP contribution in [0, 0.1) is 11.3 Å². The fourth-order valence-corrected chi connectivity index (χ4v) is 8.10. The minimum absolute atomic E-state index is 0.844. The Labute approximate surface area is 301 Å². The Morgan fingerprint density at radius 3 is 1.04 bits per heavy atom. The molecule has 1 atom stereocenters. The van der Waals surface area contributed by atoms with Crippen molar-refractivity contribution in [2.24, 2.45) is 11.3 Å². The fourth-order valence-electron chi connectivity index (χ4n) is 8.10. The van der Waals surface area contributed by atoms with Gasteiger partial charge in [-0.1, -0.05) is 246 Å². The zero-order valence-corrected chi connectivity index (χ0v) is 33.9. The van der Waals surface area contributed by atoms with E-state index in [-0.39, 0.29) is 0 Å². The summed E-state index contributed by atoms with van der Waals surface area (Å²) in [5.74, 6) is 1.13. The zero-order chi connectivity index (χ0) is 34.4. The van der Waals surface area contributed by atoms with Crippen molar-refractivity contribution in [2.75, 3.05) is 0 Å². The number of rotatable bonds is 27. The van der Waals surface area contributed by atoms with Gasteiger partial charge in [-0.05, 0) is 49.9 Å². The predicted molar refractivity (Wildman–Crippen MR) is 219 cm³/mol. The predicted octanol–water partition coefficient (Wildman–Crippen LogP) is 18.1. The standard InChI is InChI=1S/C19H36.C16H34.C12H24/c1-2-3-4-11-14-18-17-19(18)15-12-9-7-5-6-8-10-13-16-19;1-3-5-7-9-11-13-15-16-14-12-10-8-6-4-2;1-3-5-7-9-11-12-10-8-6-4-2/h18H,2-17H2,1H3;3-16H2,1-2H3;3H,1,4-12H2,2H3. The van der Waals surface area contributed by atoms with Crippen molar-refractivity contribution >= 4 is 0 Å². The SMILES string of the molecule is C=CCCCCCCCCCC.CCCCCCC1CC12CCCCCCCCCC2.CCCCCCCCCCCCCCCC. The third-order valence-corrected chi connectivity index (χ3v) is 11.6. The first kappa shape index (κ1) is 46.7. The summed E-state index contributed by atoms with van der Waals surface area (Å²) in [5.41, 5.74) is 0.844. The summed E-state index contributed by atoms with van der Waals surface area (Å²) in [5, 5.41) is 0. The van der Waals surface area contributed by atoms with Crippen LogP contribution in [0.4, 0.5) is 0 Å². The quantitative estimate of drug-likeness (QED) is 0.0608. The van der Waals surface area contributed by atoms with Crippen LogP contribution in [0.2, 0.25) is 0 Å². The Morgan fingerprint density at radius 1 is 0.404 bits per heavy atom. The molecule has 2 rings (SSSR count). The number of hydrogen-bond donors (Lipinski definition) is 0. The minimum Gasteiger partial charge on any atom is -0.103 e. The van der Waals surface area contributed by atoms with Gasteiger partial charge in [0.15, 0.2) is 0 Å². The molecule has 1 spiro atoms. The lowest BCUT2D eigenvalue weighted by atomic mass is 9.88. The lowest BCUT2D eigenvalue weighted by molar-refractivity contribution is 0.345. The first-order chi connectivity index (χ1) is 23.2. The van der Waals surface area contributed by atoms with Crippen molar-refractivity contribution in [3.05, 3.63) is 12.7 Å². The summed E-state index contributed by atoms with van der Waals surface area (Å²) in [4.78, 5) is 0. The van der Waals surface area contributed by atoms with Gasteiger partial charge in [-0.3, -0.25) is 0 Å². The summed E-state index contributed by atoms with van der Waals surface area (Å²) < 4.78 is 0. The molecule has 1 unspecified atom stereocenters. The van der Waals surface area contributed by atoms with E-state index in [2.05, 4.69) is 34.3 Å². The van der Waals surface area contributed by atoms with E-state index in [0.717, 1.165) is 11.3 Å². The average molecular weight is 659 g/mol. The molecular weight excluding hydrogens is 565 g/mol. The molecule has 2 aliphatic carbocycles. The Balaban J connectivity index is 0.000000696. The van der Waals surface area contributed by atoms with Crippen LogP contribution < -0.4 is 0 Å². The molecule has 0 aromatic rings. The third kappa shape index (κ3) is 32.7. The summed E-state index contributed by atoms with van der Waals surface area (Å²) in [6, 6.07) is 0. The smallest absolute Gasteiger partial charge is 0.0266 e. The molecule has 0 N–H and O–H groups in total. The monoisotopic (exact) mass is 659 g/mol. The molecule has 0 aromatic carbocycles. The van der Waals surface area contributed by atoms with E-state index < -0.39 is 0 Å². The molecule has 0 heteroatoms. The van der Waals surface area contributed by atoms with E-state index in [1.807, 2.05) is 6.08 Å². The van der Waals surface area contributed by atoms with Crippen LogP contribution in [0.25, 0.3) is 0 Å². The number of allylic oxidation sites excluding steroid dienone is 1. The number of unbranched alkanes of at least 4 members (excludes halogenated alkanes) is 24. The topological polar surface area (TPSA) is 0 Å².